The lowest BCUT2D eigenvalue weighted by molar-refractivity contribution is 0.483. The molecule has 0 amide bonds. The number of nitrogens with one attached hydrogen (secondary N) is 3. The van der Waals surface area contributed by atoms with E-state index in [4.69, 9.17) is 0 Å². The highest BCUT2D eigenvalue weighted by Gasteiger charge is 2.11. The Morgan fingerprint density at radius 3 is 1.79 bits per heavy atom. The smallest absolute Gasteiger partial charge is 0.294 e. The van der Waals surface area contributed by atoms with Gasteiger partial charge in [0.15, 0.2) is 0 Å². The van der Waals surface area contributed by atoms with Crippen molar-refractivity contribution in [1.29, 1.82) is 0 Å². The number of benzene rings is 1. The Morgan fingerprint density at radius 1 is 0.647 bits per heavy atom. The lowest BCUT2D eigenvalue weighted by Crippen LogP contribution is -2.09. The Kier molecular flexibility index (Phi) is 4.80. The fourth-order valence-electron chi connectivity index (χ4n) is 4.06. The van der Waals surface area contributed by atoms with E-state index in [-0.39, 0.29) is 4.90 Å². The molecule has 0 spiro atoms. The lowest BCUT2D eigenvalue weighted by atomic mass is 10.1. The Hall–Kier alpha value is -3.85. The van der Waals surface area contributed by atoms with Gasteiger partial charge in [-0.2, -0.15) is 8.42 Å². The average Bonchev–Trinajstić information content (AvgIpc) is 3.58. The van der Waals surface area contributed by atoms with Gasteiger partial charge in [0.1, 0.15) is 0 Å². The van der Waals surface area contributed by atoms with E-state index in [0.29, 0.717) is 0 Å². The topological polar surface area (TPSA) is 102 Å². The van der Waals surface area contributed by atoms with Crippen LogP contribution in [-0.2, 0) is 10.1 Å². The lowest BCUT2D eigenvalue weighted by Gasteiger charge is -2.01. The van der Waals surface area contributed by atoms with Crippen molar-refractivity contribution >= 4 is 45.8 Å². The molecule has 8 bridgehead atoms. The molecule has 0 saturated carbocycles. The van der Waals surface area contributed by atoms with Crippen LogP contribution in [0.3, 0.4) is 0 Å². The zero-order valence-electron chi connectivity index (χ0n) is 17.7. The molecule has 0 radical (unpaired) electrons. The molecule has 0 aliphatic carbocycles. The van der Waals surface area contributed by atoms with Crippen LogP contribution in [0.5, 0.6) is 0 Å². The van der Waals surface area contributed by atoms with Crippen molar-refractivity contribution in [1.82, 2.24) is 15.0 Å². The zero-order valence-corrected chi connectivity index (χ0v) is 19.4. The van der Waals surface area contributed by atoms with Gasteiger partial charge in [-0.3, -0.25) is 4.55 Å². The first kappa shape index (κ1) is 20.7. The third kappa shape index (κ3) is 4.10. The highest BCUT2D eigenvalue weighted by molar-refractivity contribution is 7.85. The summed E-state index contributed by atoms with van der Waals surface area (Å²) < 4.78 is 34.3. The molecule has 5 aromatic rings. The number of hydrogen-bond donors (Lipinski definition) is 4. The van der Waals surface area contributed by atoms with Gasteiger partial charge >= 0.3 is 0 Å². The van der Waals surface area contributed by atoms with Crippen LogP contribution in [0.15, 0.2) is 71.6 Å². The molecule has 5 heterocycles. The standard InChI is InChI=1S/C26H19N3O3S2/c30-34(31,32)24-9-1-16(2-10-24)25-15-23-13-21-7-5-19(28-21)11-17-3-4-18(27-17)12-20-6-8-22(29-20)14-26(25)33-23/h1-15,27-29H,(H,30,31,32). The van der Waals surface area contributed by atoms with Crippen LogP contribution >= 0.6 is 11.3 Å². The van der Waals surface area contributed by atoms with Gasteiger partial charge in [0.25, 0.3) is 10.1 Å². The average molecular weight is 486 g/mol. The van der Waals surface area contributed by atoms with E-state index in [2.05, 4.69) is 51.4 Å². The number of hydrogen-bond acceptors (Lipinski definition) is 3. The minimum atomic E-state index is -4.24. The molecular weight excluding hydrogens is 466 g/mol. The highest BCUT2D eigenvalue weighted by Crippen LogP contribution is 2.19. The van der Waals surface area contributed by atoms with Gasteiger partial charge in [-0.1, -0.05) is 12.1 Å². The van der Waals surface area contributed by atoms with Crippen LogP contribution < -0.4 is 19.8 Å². The SMILES string of the molecule is O=S(=O)(O)c1ccc(-c2cc3sc2=Cc2ccc([nH]2)C=c2ccc([nH]2)=Cc2ccc([nH]2)C=3)cc1. The van der Waals surface area contributed by atoms with Crippen molar-refractivity contribution in [2.75, 3.05) is 0 Å². The van der Waals surface area contributed by atoms with E-state index in [9.17, 15) is 13.0 Å². The van der Waals surface area contributed by atoms with Crippen LogP contribution in [0.1, 0.15) is 22.8 Å². The van der Waals surface area contributed by atoms with Crippen LogP contribution in [0, 0.1) is 0 Å². The number of H-pyrrole nitrogens is 3. The molecule has 4 N–H and O–H groups in total. The second kappa shape index (κ2) is 7.88. The van der Waals surface area contributed by atoms with Crippen molar-refractivity contribution < 1.29 is 13.0 Å². The van der Waals surface area contributed by atoms with E-state index < -0.39 is 10.1 Å². The van der Waals surface area contributed by atoms with Gasteiger partial charge in [0.2, 0.25) is 0 Å². The second-order valence-corrected chi connectivity index (χ2v) is 10.6. The Labute approximate surface area is 198 Å². The van der Waals surface area contributed by atoms with Crippen molar-refractivity contribution in [2.45, 2.75) is 4.90 Å². The largest absolute Gasteiger partial charge is 0.355 e. The molecular formula is C26H19N3O3S2. The van der Waals surface area contributed by atoms with Gasteiger partial charge in [-0.15, -0.1) is 11.3 Å². The van der Waals surface area contributed by atoms with Crippen molar-refractivity contribution in [3.05, 3.63) is 109 Å². The van der Waals surface area contributed by atoms with E-state index >= 15 is 0 Å². The summed E-state index contributed by atoms with van der Waals surface area (Å²) in [6, 6.07) is 20.6. The first-order valence-corrected chi connectivity index (χ1v) is 12.8. The molecule has 6 nitrogen and oxygen atoms in total. The van der Waals surface area contributed by atoms with Gasteiger partial charge in [-0.25, -0.2) is 0 Å². The molecule has 8 heteroatoms. The minimum absolute atomic E-state index is 0.124. The summed E-state index contributed by atoms with van der Waals surface area (Å²) in [5.74, 6) is 0. The fraction of sp³-hybridized carbons (Fsp3) is 0. The molecule has 34 heavy (non-hydrogen) atoms. The summed E-state index contributed by atoms with van der Waals surface area (Å²) in [4.78, 5) is 10.2. The fourth-order valence-corrected chi connectivity index (χ4v) is 5.63. The summed E-state index contributed by atoms with van der Waals surface area (Å²) in [6.45, 7) is 0. The molecule has 0 saturated heterocycles. The van der Waals surface area contributed by atoms with Crippen LogP contribution in [0.4, 0.5) is 0 Å². The summed E-state index contributed by atoms with van der Waals surface area (Å²) in [7, 11) is -4.24. The summed E-state index contributed by atoms with van der Waals surface area (Å²) in [5, 5.41) is 2.02. The van der Waals surface area contributed by atoms with E-state index in [0.717, 1.165) is 53.7 Å². The molecule has 0 unspecified atom stereocenters. The molecule has 168 valence electrons. The Bertz CT molecular complexity index is 1880. The van der Waals surface area contributed by atoms with Crippen LogP contribution in [0.2, 0.25) is 0 Å². The second-order valence-electron chi connectivity index (χ2n) is 8.11. The number of aromatic amines is 3. The van der Waals surface area contributed by atoms with E-state index in [1.54, 1.807) is 23.5 Å². The summed E-state index contributed by atoms with van der Waals surface area (Å²) in [6.07, 6.45) is 8.31. The molecule has 1 aromatic carbocycles. The monoisotopic (exact) mass is 485 g/mol. The predicted molar refractivity (Wildman–Crippen MR) is 135 cm³/mol. The van der Waals surface area contributed by atoms with Gasteiger partial charge < -0.3 is 15.0 Å². The first-order chi connectivity index (χ1) is 16.4. The Morgan fingerprint density at radius 2 is 1.21 bits per heavy atom. The quantitative estimate of drug-likeness (QED) is 0.283. The number of thiophene rings is 1. The molecule has 1 aliphatic rings. The van der Waals surface area contributed by atoms with E-state index in [1.165, 1.54) is 12.1 Å². The normalized spacial score (nSPS) is 12.9. The van der Waals surface area contributed by atoms with Crippen LogP contribution in [-0.4, -0.2) is 27.9 Å². The predicted octanol–water partition coefficient (Wildman–Crippen LogP) is 2.27. The zero-order chi connectivity index (χ0) is 23.3. The van der Waals surface area contributed by atoms with Gasteiger partial charge in [-0.05, 0) is 84.5 Å². The number of rotatable bonds is 2. The summed E-state index contributed by atoms with van der Waals surface area (Å²) in [5.41, 5.74) is 5.77. The van der Waals surface area contributed by atoms with Gasteiger partial charge in [0.05, 0.1) is 4.90 Å². The maximum atomic E-state index is 11.5. The molecule has 0 fully saturated rings. The van der Waals surface area contributed by atoms with Crippen molar-refractivity contribution in [3.8, 4) is 11.1 Å². The van der Waals surface area contributed by atoms with Crippen LogP contribution in [0.25, 0.3) is 35.4 Å². The number of fused-ring (bicyclic) bond motifs is 8. The molecule has 4 aromatic heterocycles. The van der Waals surface area contributed by atoms with E-state index in [1.807, 2.05) is 30.3 Å². The van der Waals surface area contributed by atoms with Crippen molar-refractivity contribution in [2.24, 2.45) is 0 Å². The maximum absolute atomic E-state index is 11.5. The molecule has 1 aliphatic heterocycles. The maximum Gasteiger partial charge on any atom is 0.294 e. The highest BCUT2D eigenvalue weighted by atomic mass is 32.2. The molecule has 0 atom stereocenters. The third-order valence-corrected chi connectivity index (χ3v) is 7.54. The Balaban J connectivity index is 1.58. The minimum Gasteiger partial charge on any atom is -0.355 e. The third-order valence-electron chi connectivity index (χ3n) is 5.64. The first-order valence-electron chi connectivity index (χ1n) is 10.6. The van der Waals surface area contributed by atoms with Crippen molar-refractivity contribution in [3.63, 3.8) is 0 Å². The summed E-state index contributed by atoms with van der Waals surface area (Å²) >= 11 is 1.65. The number of aromatic nitrogens is 3. The molecule has 6 rings (SSSR count). The van der Waals surface area contributed by atoms with Gasteiger partial charge in [0, 0.05) is 48.1 Å².